The van der Waals surface area contributed by atoms with Crippen LogP contribution in [-0.2, 0) is 22.8 Å². The highest BCUT2D eigenvalue weighted by atomic mass is 32.2. The summed E-state index contributed by atoms with van der Waals surface area (Å²) in [5.41, 5.74) is 0.582. The Morgan fingerprint density at radius 1 is 1.40 bits per heavy atom. The van der Waals surface area contributed by atoms with E-state index in [0.717, 1.165) is 18.6 Å². The van der Waals surface area contributed by atoms with Crippen LogP contribution in [0.4, 0.5) is 0 Å². The highest BCUT2D eigenvalue weighted by Crippen LogP contribution is 2.20. The van der Waals surface area contributed by atoms with Crippen molar-refractivity contribution >= 4 is 9.84 Å². The number of rotatable bonds is 5. The van der Waals surface area contributed by atoms with Crippen LogP contribution in [-0.4, -0.2) is 29.3 Å². The molecule has 0 aliphatic carbocycles. The standard InChI is InChI=1S/C14H18N2O3S/c1-3-16-8-7-15-14(16)10-13(17)11-5-4-6-12(9-11)20(2,18)19/h4-9,13,17H,3,10H2,1-2H3. The van der Waals surface area contributed by atoms with Gasteiger partial charge in [0.15, 0.2) is 9.84 Å². The van der Waals surface area contributed by atoms with Gasteiger partial charge in [-0.3, -0.25) is 0 Å². The lowest BCUT2D eigenvalue weighted by Gasteiger charge is -2.12. The number of nitrogens with zero attached hydrogens (tertiary/aromatic N) is 2. The van der Waals surface area contributed by atoms with E-state index in [1.807, 2.05) is 17.7 Å². The van der Waals surface area contributed by atoms with Gasteiger partial charge in [0, 0.05) is 31.6 Å². The smallest absolute Gasteiger partial charge is 0.175 e. The van der Waals surface area contributed by atoms with Crippen molar-refractivity contribution in [2.24, 2.45) is 0 Å². The number of hydrogen-bond donors (Lipinski definition) is 1. The van der Waals surface area contributed by atoms with Crippen molar-refractivity contribution in [3.63, 3.8) is 0 Å². The summed E-state index contributed by atoms with van der Waals surface area (Å²) < 4.78 is 25.0. The van der Waals surface area contributed by atoms with Crippen LogP contribution in [0.25, 0.3) is 0 Å². The van der Waals surface area contributed by atoms with Crippen LogP contribution in [0.5, 0.6) is 0 Å². The van der Waals surface area contributed by atoms with E-state index >= 15 is 0 Å². The normalized spacial score (nSPS) is 13.3. The number of imidazole rings is 1. The quantitative estimate of drug-likeness (QED) is 0.909. The van der Waals surface area contributed by atoms with Crippen molar-refractivity contribution in [1.29, 1.82) is 0 Å². The maximum atomic E-state index is 11.5. The van der Waals surface area contributed by atoms with Gasteiger partial charge in [-0.1, -0.05) is 12.1 Å². The van der Waals surface area contributed by atoms with E-state index in [2.05, 4.69) is 4.98 Å². The summed E-state index contributed by atoms with van der Waals surface area (Å²) in [5, 5.41) is 10.3. The Morgan fingerprint density at radius 3 is 2.80 bits per heavy atom. The van der Waals surface area contributed by atoms with Gasteiger partial charge in [0.05, 0.1) is 11.0 Å². The fourth-order valence-corrected chi connectivity index (χ4v) is 2.74. The third kappa shape index (κ3) is 3.26. The Kier molecular flexibility index (Phi) is 4.25. The summed E-state index contributed by atoms with van der Waals surface area (Å²) in [5.74, 6) is 0.782. The molecule has 2 rings (SSSR count). The molecule has 1 aromatic carbocycles. The molecule has 1 atom stereocenters. The van der Waals surface area contributed by atoms with Crippen LogP contribution < -0.4 is 0 Å². The molecule has 1 N–H and O–H groups in total. The average Bonchev–Trinajstić information content (AvgIpc) is 2.85. The van der Waals surface area contributed by atoms with E-state index in [9.17, 15) is 13.5 Å². The van der Waals surface area contributed by atoms with Gasteiger partial charge in [-0.05, 0) is 24.6 Å². The van der Waals surface area contributed by atoms with Crippen LogP contribution in [0.2, 0.25) is 0 Å². The van der Waals surface area contributed by atoms with Crippen molar-refractivity contribution in [2.75, 3.05) is 6.26 Å². The number of aliphatic hydroxyl groups is 1. The summed E-state index contributed by atoms with van der Waals surface area (Å²) in [4.78, 5) is 4.42. The zero-order chi connectivity index (χ0) is 14.8. The first kappa shape index (κ1) is 14.7. The van der Waals surface area contributed by atoms with E-state index in [1.54, 1.807) is 18.3 Å². The second-order valence-corrected chi connectivity index (χ2v) is 6.71. The molecule has 1 heterocycles. The molecule has 2 aromatic rings. The molecule has 0 spiro atoms. The molecular formula is C14H18N2O3S. The summed E-state index contributed by atoms with van der Waals surface area (Å²) in [6.07, 6.45) is 4.29. The van der Waals surface area contributed by atoms with Crippen LogP contribution in [0, 0.1) is 0 Å². The molecule has 0 aliphatic rings. The minimum absolute atomic E-state index is 0.216. The lowest BCUT2D eigenvalue weighted by Crippen LogP contribution is -2.09. The van der Waals surface area contributed by atoms with Crippen LogP contribution in [0.15, 0.2) is 41.6 Å². The summed E-state index contributed by atoms with van der Waals surface area (Å²) in [6, 6.07) is 6.40. The number of aliphatic hydroxyl groups excluding tert-OH is 1. The third-order valence-corrected chi connectivity index (χ3v) is 4.30. The Hall–Kier alpha value is -1.66. The highest BCUT2D eigenvalue weighted by molar-refractivity contribution is 7.90. The van der Waals surface area contributed by atoms with Crippen molar-refractivity contribution in [3.8, 4) is 0 Å². The molecule has 0 bridgehead atoms. The lowest BCUT2D eigenvalue weighted by molar-refractivity contribution is 0.174. The first-order chi connectivity index (χ1) is 9.41. The maximum Gasteiger partial charge on any atom is 0.175 e. The average molecular weight is 294 g/mol. The molecule has 6 heteroatoms. The highest BCUT2D eigenvalue weighted by Gasteiger charge is 2.15. The van der Waals surface area contributed by atoms with Gasteiger partial charge in [0.1, 0.15) is 5.82 Å². The Bertz CT molecular complexity index is 692. The van der Waals surface area contributed by atoms with Gasteiger partial charge in [-0.2, -0.15) is 0 Å². The van der Waals surface area contributed by atoms with Gasteiger partial charge < -0.3 is 9.67 Å². The van der Waals surface area contributed by atoms with E-state index in [-0.39, 0.29) is 4.90 Å². The first-order valence-corrected chi connectivity index (χ1v) is 8.29. The molecule has 0 radical (unpaired) electrons. The molecule has 0 amide bonds. The second-order valence-electron chi connectivity index (χ2n) is 4.69. The van der Waals surface area contributed by atoms with Gasteiger partial charge in [-0.25, -0.2) is 13.4 Å². The van der Waals surface area contributed by atoms with Gasteiger partial charge in [0.2, 0.25) is 0 Å². The number of aromatic nitrogens is 2. The van der Waals surface area contributed by atoms with Crippen LogP contribution in [0.3, 0.4) is 0 Å². The molecule has 0 saturated heterocycles. The Labute approximate surface area is 118 Å². The molecule has 1 unspecified atom stereocenters. The van der Waals surface area contributed by atoms with E-state index < -0.39 is 15.9 Å². The zero-order valence-corrected chi connectivity index (χ0v) is 12.3. The molecule has 20 heavy (non-hydrogen) atoms. The zero-order valence-electron chi connectivity index (χ0n) is 11.5. The first-order valence-electron chi connectivity index (χ1n) is 6.40. The molecule has 5 nitrogen and oxygen atoms in total. The van der Waals surface area contributed by atoms with E-state index in [0.29, 0.717) is 12.0 Å². The minimum Gasteiger partial charge on any atom is -0.388 e. The van der Waals surface area contributed by atoms with Crippen molar-refractivity contribution in [3.05, 3.63) is 48.0 Å². The molecule has 1 aromatic heterocycles. The van der Waals surface area contributed by atoms with Crippen molar-refractivity contribution < 1.29 is 13.5 Å². The topological polar surface area (TPSA) is 72.2 Å². The second kappa shape index (κ2) is 5.76. The Morgan fingerprint density at radius 2 is 2.15 bits per heavy atom. The third-order valence-electron chi connectivity index (χ3n) is 3.19. The largest absolute Gasteiger partial charge is 0.388 e. The number of sulfone groups is 1. The van der Waals surface area contributed by atoms with Gasteiger partial charge in [-0.15, -0.1) is 0 Å². The number of aryl methyl sites for hydroxylation is 1. The summed E-state index contributed by atoms with van der Waals surface area (Å²) in [7, 11) is -3.27. The fourth-order valence-electron chi connectivity index (χ4n) is 2.06. The monoisotopic (exact) mass is 294 g/mol. The van der Waals surface area contributed by atoms with E-state index in [1.165, 1.54) is 12.1 Å². The SMILES string of the molecule is CCn1ccnc1CC(O)c1cccc(S(C)(=O)=O)c1. The number of hydrogen-bond acceptors (Lipinski definition) is 4. The fraction of sp³-hybridized carbons (Fsp3) is 0.357. The predicted octanol–water partition coefficient (Wildman–Crippen LogP) is 1.58. The van der Waals surface area contributed by atoms with E-state index in [4.69, 9.17) is 0 Å². The molecule has 108 valence electrons. The lowest BCUT2D eigenvalue weighted by atomic mass is 10.1. The Balaban J connectivity index is 2.24. The minimum atomic E-state index is -3.27. The molecule has 0 saturated carbocycles. The van der Waals surface area contributed by atoms with Crippen molar-refractivity contribution in [1.82, 2.24) is 9.55 Å². The van der Waals surface area contributed by atoms with Gasteiger partial charge >= 0.3 is 0 Å². The summed E-state index contributed by atoms with van der Waals surface area (Å²) >= 11 is 0. The maximum absolute atomic E-state index is 11.5. The van der Waals surface area contributed by atoms with Crippen LogP contribution >= 0.6 is 0 Å². The predicted molar refractivity (Wildman–Crippen MR) is 76.1 cm³/mol. The molecule has 0 aliphatic heterocycles. The number of benzene rings is 1. The van der Waals surface area contributed by atoms with Crippen LogP contribution in [0.1, 0.15) is 24.4 Å². The van der Waals surface area contributed by atoms with Crippen molar-refractivity contribution in [2.45, 2.75) is 30.9 Å². The van der Waals surface area contributed by atoms with Gasteiger partial charge in [0.25, 0.3) is 0 Å². The summed E-state index contributed by atoms with van der Waals surface area (Å²) in [6.45, 7) is 2.78. The molecular weight excluding hydrogens is 276 g/mol. The molecule has 0 fully saturated rings.